The van der Waals surface area contributed by atoms with E-state index in [1.807, 2.05) is 38.1 Å². The summed E-state index contributed by atoms with van der Waals surface area (Å²) in [6.07, 6.45) is 0. The molecule has 0 saturated carbocycles. The van der Waals surface area contributed by atoms with Gasteiger partial charge in [0.05, 0.1) is 18.2 Å². The lowest BCUT2D eigenvalue weighted by Gasteiger charge is -2.07. The maximum atomic E-state index is 8.88. The first-order chi connectivity index (χ1) is 13.1. The van der Waals surface area contributed by atoms with Crippen LogP contribution < -0.4 is 9.47 Å². The number of aromatic nitrogens is 2. The van der Waals surface area contributed by atoms with E-state index < -0.39 is 0 Å². The molecule has 3 aromatic rings. The van der Waals surface area contributed by atoms with E-state index in [2.05, 4.69) is 16.3 Å². The number of rotatable bonds is 8. The third kappa shape index (κ3) is 5.50. The highest BCUT2D eigenvalue weighted by molar-refractivity contribution is 7.99. The molecule has 0 aliphatic carbocycles. The number of nitriles is 1. The lowest BCUT2D eigenvalue weighted by Crippen LogP contribution is -2.00. The number of hydrogen-bond acceptors (Lipinski definition) is 7. The minimum atomic E-state index is 0.231. The largest absolute Gasteiger partial charge is 0.493 e. The van der Waals surface area contributed by atoms with Crippen LogP contribution in [0.2, 0.25) is 0 Å². The Balaban J connectivity index is 1.44. The monoisotopic (exact) mass is 381 g/mol. The normalized spacial score (nSPS) is 10.4. The Hall–Kier alpha value is -2.98. The van der Waals surface area contributed by atoms with Crippen LogP contribution in [-0.2, 0) is 6.61 Å². The van der Waals surface area contributed by atoms with Gasteiger partial charge in [0.2, 0.25) is 0 Å². The lowest BCUT2D eigenvalue weighted by atomic mass is 10.1. The van der Waals surface area contributed by atoms with Crippen molar-refractivity contribution < 1.29 is 13.9 Å². The summed E-state index contributed by atoms with van der Waals surface area (Å²) < 4.78 is 17.0. The molecule has 1 heterocycles. The summed E-state index contributed by atoms with van der Waals surface area (Å²) in [5.41, 5.74) is 2.77. The summed E-state index contributed by atoms with van der Waals surface area (Å²) in [6, 6.07) is 15.2. The SMILES string of the molecule is Cc1ccc(C)c(OCc2nnc(SCCOc3cccc(C#N)c3)o2)c1. The fraction of sp³-hybridized carbons (Fsp3) is 0.250. The van der Waals surface area contributed by atoms with Crippen molar-refractivity contribution in [1.29, 1.82) is 5.26 Å². The van der Waals surface area contributed by atoms with Crippen LogP contribution in [-0.4, -0.2) is 22.6 Å². The van der Waals surface area contributed by atoms with E-state index in [1.54, 1.807) is 18.2 Å². The summed E-state index contributed by atoms with van der Waals surface area (Å²) in [5, 5.41) is 17.4. The zero-order valence-corrected chi connectivity index (χ0v) is 16.0. The highest BCUT2D eigenvalue weighted by atomic mass is 32.2. The van der Waals surface area contributed by atoms with E-state index in [-0.39, 0.29) is 6.61 Å². The molecular formula is C20H19N3O3S. The van der Waals surface area contributed by atoms with Gasteiger partial charge in [-0.15, -0.1) is 10.2 Å². The van der Waals surface area contributed by atoms with Crippen molar-refractivity contribution in [2.75, 3.05) is 12.4 Å². The molecule has 0 unspecified atom stereocenters. The standard InChI is InChI=1S/C20H19N3O3S/c1-14-6-7-15(2)18(10-14)25-13-19-22-23-20(26-19)27-9-8-24-17-5-3-4-16(11-17)12-21/h3-7,10-11H,8-9,13H2,1-2H3. The number of benzene rings is 2. The molecule has 3 rings (SSSR count). The van der Waals surface area contributed by atoms with Crippen molar-refractivity contribution in [2.45, 2.75) is 25.7 Å². The minimum absolute atomic E-state index is 0.231. The highest BCUT2D eigenvalue weighted by Gasteiger charge is 2.09. The van der Waals surface area contributed by atoms with E-state index in [1.165, 1.54) is 11.8 Å². The smallest absolute Gasteiger partial charge is 0.276 e. The van der Waals surface area contributed by atoms with Gasteiger partial charge in [-0.25, -0.2) is 0 Å². The lowest BCUT2D eigenvalue weighted by molar-refractivity contribution is 0.250. The quantitative estimate of drug-likeness (QED) is 0.425. The second kappa shape index (κ2) is 9.10. The molecule has 1 aromatic heterocycles. The Labute approximate surface area is 162 Å². The topological polar surface area (TPSA) is 81.2 Å². The molecule has 27 heavy (non-hydrogen) atoms. The molecule has 2 aromatic carbocycles. The maximum Gasteiger partial charge on any atom is 0.276 e. The molecule has 6 nitrogen and oxygen atoms in total. The Bertz CT molecular complexity index is 950. The third-order valence-corrected chi connectivity index (χ3v) is 4.47. The predicted octanol–water partition coefficient (Wildman–Crippen LogP) is 4.31. The molecule has 0 bridgehead atoms. The van der Waals surface area contributed by atoms with Crippen molar-refractivity contribution >= 4 is 11.8 Å². The molecule has 0 saturated heterocycles. The first kappa shape index (κ1) is 18.8. The summed E-state index contributed by atoms with van der Waals surface area (Å²) in [6.45, 7) is 4.72. The molecule has 0 atom stereocenters. The molecular weight excluding hydrogens is 362 g/mol. The van der Waals surface area contributed by atoms with Crippen LogP contribution >= 0.6 is 11.8 Å². The van der Waals surface area contributed by atoms with Crippen LogP contribution in [0.4, 0.5) is 0 Å². The molecule has 0 radical (unpaired) electrons. The van der Waals surface area contributed by atoms with Crippen LogP contribution in [0.5, 0.6) is 11.5 Å². The van der Waals surface area contributed by atoms with E-state index in [4.69, 9.17) is 19.2 Å². The average Bonchev–Trinajstić information content (AvgIpc) is 3.14. The van der Waals surface area contributed by atoms with Crippen molar-refractivity contribution in [1.82, 2.24) is 10.2 Å². The number of thioether (sulfide) groups is 1. The number of hydrogen-bond donors (Lipinski definition) is 0. The van der Waals surface area contributed by atoms with Gasteiger partial charge in [-0.3, -0.25) is 0 Å². The Kier molecular flexibility index (Phi) is 6.34. The van der Waals surface area contributed by atoms with Crippen LogP contribution in [0.25, 0.3) is 0 Å². The second-order valence-electron chi connectivity index (χ2n) is 5.86. The van der Waals surface area contributed by atoms with Gasteiger partial charge in [-0.2, -0.15) is 5.26 Å². The second-order valence-corrected chi connectivity index (χ2v) is 6.90. The Morgan fingerprint density at radius 3 is 2.85 bits per heavy atom. The average molecular weight is 381 g/mol. The number of aryl methyl sites for hydroxylation is 2. The fourth-order valence-corrected chi connectivity index (χ4v) is 2.90. The molecule has 138 valence electrons. The van der Waals surface area contributed by atoms with Crippen LogP contribution in [0.15, 0.2) is 52.1 Å². The van der Waals surface area contributed by atoms with E-state index >= 15 is 0 Å². The van der Waals surface area contributed by atoms with Crippen LogP contribution in [0.3, 0.4) is 0 Å². The van der Waals surface area contributed by atoms with Gasteiger partial charge in [0.25, 0.3) is 11.1 Å². The predicted molar refractivity (Wildman–Crippen MR) is 102 cm³/mol. The van der Waals surface area contributed by atoms with E-state index in [9.17, 15) is 0 Å². The number of nitrogens with zero attached hydrogens (tertiary/aromatic N) is 3. The zero-order chi connectivity index (χ0) is 19.1. The molecule has 0 fully saturated rings. The van der Waals surface area contributed by atoms with Crippen LogP contribution in [0.1, 0.15) is 22.6 Å². The Morgan fingerprint density at radius 1 is 1.11 bits per heavy atom. The van der Waals surface area contributed by atoms with E-state index in [0.29, 0.717) is 34.8 Å². The first-order valence-electron chi connectivity index (χ1n) is 8.42. The third-order valence-electron chi connectivity index (χ3n) is 3.68. The molecule has 0 aliphatic rings. The van der Waals surface area contributed by atoms with Crippen molar-refractivity contribution in [2.24, 2.45) is 0 Å². The molecule has 0 spiro atoms. The van der Waals surface area contributed by atoms with Gasteiger partial charge in [0, 0.05) is 5.75 Å². The molecule has 7 heteroatoms. The van der Waals surface area contributed by atoms with Gasteiger partial charge in [0.1, 0.15) is 11.5 Å². The minimum Gasteiger partial charge on any atom is -0.493 e. The van der Waals surface area contributed by atoms with E-state index in [0.717, 1.165) is 16.9 Å². The zero-order valence-electron chi connectivity index (χ0n) is 15.1. The van der Waals surface area contributed by atoms with Crippen molar-refractivity contribution in [3.05, 3.63) is 65.0 Å². The summed E-state index contributed by atoms with van der Waals surface area (Å²) in [5.74, 6) is 2.57. The van der Waals surface area contributed by atoms with Gasteiger partial charge in [-0.1, -0.05) is 30.0 Å². The van der Waals surface area contributed by atoms with Crippen molar-refractivity contribution in [3.8, 4) is 17.6 Å². The Morgan fingerprint density at radius 2 is 2.00 bits per heavy atom. The first-order valence-corrected chi connectivity index (χ1v) is 9.41. The fourth-order valence-electron chi connectivity index (χ4n) is 2.30. The van der Waals surface area contributed by atoms with Gasteiger partial charge >= 0.3 is 0 Å². The summed E-state index contributed by atoms with van der Waals surface area (Å²) in [4.78, 5) is 0. The van der Waals surface area contributed by atoms with Crippen molar-refractivity contribution in [3.63, 3.8) is 0 Å². The summed E-state index contributed by atoms with van der Waals surface area (Å²) in [7, 11) is 0. The van der Waals surface area contributed by atoms with Gasteiger partial charge in [0.15, 0.2) is 6.61 Å². The van der Waals surface area contributed by atoms with Gasteiger partial charge < -0.3 is 13.9 Å². The number of ether oxygens (including phenoxy) is 2. The highest BCUT2D eigenvalue weighted by Crippen LogP contribution is 2.22. The van der Waals surface area contributed by atoms with Gasteiger partial charge in [-0.05, 0) is 49.2 Å². The summed E-state index contributed by atoms with van der Waals surface area (Å²) >= 11 is 1.41. The maximum absolute atomic E-state index is 8.88. The molecule has 0 aliphatic heterocycles. The molecule has 0 N–H and O–H groups in total. The molecule has 0 amide bonds. The van der Waals surface area contributed by atoms with Crippen LogP contribution in [0, 0.1) is 25.2 Å².